The molecule has 1 aromatic heterocycles. The Kier molecular flexibility index (Phi) is 10.6. The number of piperidine rings is 2. The number of piperazine rings is 1. The van der Waals surface area contributed by atoms with Gasteiger partial charge in [0.2, 0.25) is 17.7 Å². The number of hydrogen-bond donors (Lipinski definition) is 2. The first-order chi connectivity index (χ1) is 27.1. The van der Waals surface area contributed by atoms with E-state index in [-0.39, 0.29) is 36.3 Å². The number of nitriles is 1. The Bertz CT molecular complexity index is 2090. The molecule has 4 fully saturated rings. The Labute approximate surface area is 328 Å². The van der Waals surface area contributed by atoms with E-state index in [1.54, 1.807) is 42.7 Å². The molecule has 3 aromatic rings. The SMILES string of the molecule is N#Cc1ccc(OC2CCC(C(=O)Nc3cnc(N4CCC(CN5CCN(c6ccc7c(c6)C(=O)N(C6CCC(=O)NC6=O)C7=O)CC5)CC4)cn3)C2)cc1Cl. The summed E-state index contributed by atoms with van der Waals surface area (Å²) in [5, 5.41) is 14.6. The van der Waals surface area contributed by atoms with Gasteiger partial charge in [-0.2, -0.15) is 5.26 Å². The molecule has 290 valence electrons. The Hall–Kier alpha value is -5.59. The zero-order valence-electron chi connectivity index (χ0n) is 30.8. The summed E-state index contributed by atoms with van der Waals surface area (Å²) in [4.78, 5) is 80.5. The Balaban J connectivity index is 0.762. The van der Waals surface area contributed by atoms with Crippen LogP contribution in [0, 0.1) is 23.2 Å². The predicted molar refractivity (Wildman–Crippen MR) is 205 cm³/mol. The lowest BCUT2D eigenvalue weighted by Crippen LogP contribution is -2.54. The van der Waals surface area contributed by atoms with Crippen LogP contribution in [-0.4, -0.2) is 107 Å². The van der Waals surface area contributed by atoms with E-state index in [1.165, 1.54) is 0 Å². The molecule has 4 aliphatic heterocycles. The molecule has 1 aliphatic carbocycles. The number of anilines is 3. The summed E-state index contributed by atoms with van der Waals surface area (Å²) in [5.74, 6) is 0.0554. The molecule has 2 N–H and O–H groups in total. The van der Waals surface area contributed by atoms with Gasteiger partial charge in [0.15, 0.2) is 5.82 Å². The fourth-order valence-corrected chi connectivity index (χ4v) is 8.68. The summed E-state index contributed by atoms with van der Waals surface area (Å²) in [6.07, 6.45) is 7.52. The maximum atomic E-state index is 13.3. The third kappa shape index (κ3) is 7.76. The molecule has 2 aromatic carbocycles. The quantitative estimate of drug-likeness (QED) is 0.302. The molecular weight excluding hydrogens is 738 g/mol. The topological polar surface area (TPSA) is 181 Å². The molecule has 0 radical (unpaired) electrons. The summed E-state index contributed by atoms with van der Waals surface area (Å²) in [7, 11) is 0. The van der Waals surface area contributed by atoms with Crippen molar-refractivity contribution in [1.29, 1.82) is 5.26 Å². The minimum atomic E-state index is -0.977. The van der Waals surface area contributed by atoms with Crippen molar-refractivity contribution in [2.45, 2.75) is 57.1 Å². The standard InChI is InChI=1S/C40H42ClN9O6/c41-32-19-29(5-2-26(32)20-42)56-28-4-1-25(17-28)37(52)45-34-21-44-35(22-43-34)49-11-9-24(10-12-49)23-47-13-15-48(16-14-47)27-3-6-30-31(18-27)40(55)50(39(30)54)33-7-8-36(51)46-38(33)53/h2-3,5-6,18-19,21-22,24-25,28,33H,1,4,7-17,23H2,(H,43,45,52)(H,46,51,53). The number of carbonyl (C=O) groups excluding carboxylic acids is 5. The third-order valence-electron chi connectivity index (χ3n) is 11.6. The number of halogens is 1. The van der Waals surface area contributed by atoms with Crippen LogP contribution in [-0.2, 0) is 14.4 Å². The number of ether oxygens (including phenoxy) is 1. The van der Waals surface area contributed by atoms with Gasteiger partial charge in [0.1, 0.15) is 23.7 Å². The monoisotopic (exact) mass is 779 g/mol. The van der Waals surface area contributed by atoms with Crippen molar-refractivity contribution in [2.75, 3.05) is 60.9 Å². The van der Waals surface area contributed by atoms with Gasteiger partial charge >= 0.3 is 0 Å². The highest BCUT2D eigenvalue weighted by molar-refractivity contribution is 6.31. The highest BCUT2D eigenvalue weighted by atomic mass is 35.5. The minimum Gasteiger partial charge on any atom is -0.490 e. The van der Waals surface area contributed by atoms with Crippen LogP contribution in [0.3, 0.4) is 0 Å². The molecule has 8 rings (SSSR count). The number of carbonyl (C=O) groups is 5. The first-order valence-electron chi connectivity index (χ1n) is 19.2. The van der Waals surface area contributed by atoms with Gasteiger partial charge in [-0.25, -0.2) is 9.97 Å². The predicted octanol–water partition coefficient (Wildman–Crippen LogP) is 3.63. The van der Waals surface area contributed by atoms with E-state index in [0.717, 1.165) is 81.5 Å². The number of rotatable bonds is 9. The summed E-state index contributed by atoms with van der Waals surface area (Å²) in [6.45, 7) is 6.09. The molecule has 15 nitrogen and oxygen atoms in total. The fraction of sp³-hybridized carbons (Fsp3) is 0.450. The summed E-state index contributed by atoms with van der Waals surface area (Å²) >= 11 is 6.14. The van der Waals surface area contributed by atoms with E-state index < -0.39 is 29.7 Å². The van der Waals surface area contributed by atoms with Crippen molar-refractivity contribution in [1.82, 2.24) is 25.1 Å². The van der Waals surface area contributed by atoms with Crippen molar-refractivity contribution >= 4 is 58.5 Å². The van der Waals surface area contributed by atoms with Gasteiger partial charge in [-0.15, -0.1) is 0 Å². The minimum absolute atomic E-state index is 0.0878. The van der Waals surface area contributed by atoms with Crippen molar-refractivity contribution in [3.05, 3.63) is 70.5 Å². The van der Waals surface area contributed by atoms with Crippen LogP contribution in [0.15, 0.2) is 48.8 Å². The average Bonchev–Trinajstić information content (AvgIpc) is 3.77. The van der Waals surface area contributed by atoms with E-state index >= 15 is 0 Å². The zero-order chi connectivity index (χ0) is 38.9. The lowest BCUT2D eigenvalue weighted by Gasteiger charge is -2.39. The van der Waals surface area contributed by atoms with E-state index in [1.807, 2.05) is 12.1 Å². The van der Waals surface area contributed by atoms with E-state index in [4.69, 9.17) is 21.6 Å². The van der Waals surface area contributed by atoms with Crippen molar-refractivity contribution < 1.29 is 28.7 Å². The van der Waals surface area contributed by atoms with Gasteiger partial charge in [0, 0.05) is 69.9 Å². The number of hydrogen-bond acceptors (Lipinski definition) is 12. The maximum Gasteiger partial charge on any atom is 0.262 e. The highest BCUT2D eigenvalue weighted by Crippen LogP contribution is 2.33. The third-order valence-corrected chi connectivity index (χ3v) is 11.9. The summed E-state index contributed by atoms with van der Waals surface area (Å²) in [6, 6.07) is 11.3. The first kappa shape index (κ1) is 37.3. The van der Waals surface area contributed by atoms with Crippen LogP contribution in [0.25, 0.3) is 0 Å². The summed E-state index contributed by atoms with van der Waals surface area (Å²) in [5.41, 5.74) is 1.85. The molecular formula is C40H42ClN9O6. The average molecular weight is 780 g/mol. The molecule has 0 bridgehead atoms. The maximum absolute atomic E-state index is 13.3. The van der Waals surface area contributed by atoms with Crippen molar-refractivity contribution in [3.8, 4) is 11.8 Å². The molecule has 5 heterocycles. The lowest BCUT2D eigenvalue weighted by molar-refractivity contribution is -0.136. The number of aromatic nitrogens is 2. The number of nitrogens with zero attached hydrogens (tertiary/aromatic N) is 7. The first-order valence-corrected chi connectivity index (χ1v) is 19.6. The van der Waals surface area contributed by atoms with Gasteiger partial charge in [-0.3, -0.25) is 39.1 Å². The van der Waals surface area contributed by atoms with Gasteiger partial charge < -0.3 is 19.9 Å². The molecule has 1 saturated carbocycles. The molecule has 3 atom stereocenters. The Morgan fingerprint density at radius 3 is 2.39 bits per heavy atom. The number of imide groups is 2. The lowest BCUT2D eigenvalue weighted by atomic mass is 9.96. The fourth-order valence-electron chi connectivity index (χ4n) is 8.47. The van der Waals surface area contributed by atoms with Gasteiger partial charge in [0.05, 0.1) is 40.2 Å². The van der Waals surface area contributed by atoms with Crippen LogP contribution in [0.5, 0.6) is 5.75 Å². The number of amides is 5. The van der Waals surface area contributed by atoms with E-state index in [2.05, 4.69) is 35.3 Å². The number of nitrogens with one attached hydrogen (secondary N) is 2. The second kappa shape index (κ2) is 15.9. The van der Waals surface area contributed by atoms with E-state index in [9.17, 15) is 24.0 Å². The van der Waals surface area contributed by atoms with Gasteiger partial charge in [-0.05, 0) is 74.8 Å². The molecule has 3 unspecified atom stereocenters. The number of fused-ring (bicyclic) bond motifs is 1. The van der Waals surface area contributed by atoms with Crippen LogP contribution in [0.1, 0.15) is 71.2 Å². The van der Waals surface area contributed by atoms with Crippen LogP contribution in [0.4, 0.5) is 17.3 Å². The zero-order valence-corrected chi connectivity index (χ0v) is 31.5. The smallest absolute Gasteiger partial charge is 0.262 e. The molecule has 5 amide bonds. The second-order valence-corrected chi connectivity index (χ2v) is 15.6. The van der Waals surface area contributed by atoms with Crippen molar-refractivity contribution in [2.24, 2.45) is 11.8 Å². The molecule has 3 saturated heterocycles. The van der Waals surface area contributed by atoms with Gasteiger partial charge in [0.25, 0.3) is 11.8 Å². The van der Waals surface area contributed by atoms with Crippen LogP contribution >= 0.6 is 11.6 Å². The Morgan fingerprint density at radius 2 is 1.68 bits per heavy atom. The largest absolute Gasteiger partial charge is 0.490 e. The molecule has 5 aliphatic rings. The second-order valence-electron chi connectivity index (χ2n) is 15.1. The molecule has 56 heavy (non-hydrogen) atoms. The van der Waals surface area contributed by atoms with Gasteiger partial charge in [-0.1, -0.05) is 11.6 Å². The van der Waals surface area contributed by atoms with Crippen molar-refractivity contribution in [3.63, 3.8) is 0 Å². The normalized spacial score (nSPS) is 23.2. The number of benzene rings is 2. The van der Waals surface area contributed by atoms with Crippen LogP contribution in [0.2, 0.25) is 5.02 Å². The molecule has 0 spiro atoms. The Morgan fingerprint density at radius 1 is 0.893 bits per heavy atom. The van der Waals surface area contributed by atoms with Crippen LogP contribution < -0.4 is 25.2 Å². The highest BCUT2D eigenvalue weighted by Gasteiger charge is 2.45. The summed E-state index contributed by atoms with van der Waals surface area (Å²) < 4.78 is 6.03. The van der Waals surface area contributed by atoms with E-state index in [0.29, 0.717) is 46.5 Å². The molecule has 16 heteroatoms.